The van der Waals surface area contributed by atoms with Crippen molar-refractivity contribution in [3.05, 3.63) is 462 Å². The molecule has 20 aromatic rings. The van der Waals surface area contributed by atoms with E-state index >= 15 is 0 Å². The molecule has 2 atom stereocenters. The second kappa shape index (κ2) is 25.4. The average molecular weight is 1500 g/mol. The number of aliphatic imine (C=N–C) groups is 1. The Morgan fingerprint density at radius 3 is 1.34 bits per heavy atom. The number of nitrogens with zero attached hydrogens (tertiary/aromatic N) is 6. The van der Waals surface area contributed by atoms with Gasteiger partial charge in [-0.1, -0.05) is 358 Å². The lowest BCUT2D eigenvalue weighted by atomic mass is 9.65. The van der Waals surface area contributed by atoms with Crippen LogP contribution in [0.4, 0.5) is 0 Å². The van der Waals surface area contributed by atoms with Gasteiger partial charge in [0.15, 0.2) is 11.7 Å². The highest BCUT2D eigenvalue weighted by atomic mass is 15.4. The highest BCUT2D eigenvalue weighted by Crippen LogP contribution is 2.64. The minimum Gasteiger partial charge on any atom is -0.309 e. The number of hydrogen-bond donors (Lipinski definition) is 2. The van der Waals surface area contributed by atoms with E-state index in [2.05, 4.69) is 390 Å². The molecular weight excluding hydrogens is 1430 g/mol. The molecule has 6 heterocycles. The summed E-state index contributed by atoms with van der Waals surface area (Å²) < 4.78 is 5.04. The first kappa shape index (κ1) is 65.9. The number of hydrazine groups is 1. The van der Waals surface area contributed by atoms with E-state index in [-0.39, 0.29) is 0 Å². The van der Waals surface area contributed by atoms with Crippen LogP contribution in [0.25, 0.3) is 167 Å². The molecular formula is C110H68N8. The lowest BCUT2D eigenvalue weighted by molar-refractivity contribution is 0.748. The molecule has 17 aromatic carbocycles. The van der Waals surface area contributed by atoms with E-state index in [1.54, 1.807) is 0 Å². The van der Waals surface area contributed by atoms with Crippen molar-refractivity contribution in [3.63, 3.8) is 0 Å². The van der Waals surface area contributed by atoms with E-state index in [9.17, 15) is 0 Å². The minimum absolute atomic E-state index is 0.557. The smallest absolute Gasteiger partial charge is 0.182 e. The maximum Gasteiger partial charge on any atom is 0.182 e. The van der Waals surface area contributed by atoms with Gasteiger partial charge in [0, 0.05) is 54.9 Å². The molecule has 0 bridgehead atoms. The number of para-hydroxylation sites is 5. The molecule has 118 heavy (non-hydrogen) atoms. The second-order valence-electron chi connectivity index (χ2n) is 31.6. The number of fused-ring (bicyclic) bond motifs is 24. The van der Waals surface area contributed by atoms with Crippen LogP contribution in [0.1, 0.15) is 61.2 Å². The number of aromatic nitrogens is 5. The number of rotatable bonds is 10. The Kier molecular flexibility index (Phi) is 14.2. The van der Waals surface area contributed by atoms with E-state index < -0.39 is 10.8 Å². The van der Waals surface area contributed by atoms with Crippen molar-refractivity contribution in [2.45, 2.75) is 10.8 Å². The Balaban J connectivity index is 0.535. The molecule has 8 nitrogen and oxygen atoms in total. The Morgan fingerprint density at radius 1 is 0.229 bits per heavy atom. The van der Waals surface area contributed by atoms with Crippen LogP contribution in [-0.4, -0.2) is 30.2 Å². The molecule has 0 radical (unpaired) electrons. The fraction of sp³-hybridized carbons (Fsp3) is 0.0182. The van der Waals surface area contributed by atoms with E-state index in [4.69, 9.17) is 20.2 Å². The van der Waals surface area contributed by atoms with Crippen LogP contribution in [0.2, 0.25) is 0 Å². The van der Waals surface area contributed by atoms with Crippen LogP contribution in [-0.2, 0) is 10.8 Å². The fourth-order valence-electron chi connectivity index (χ4n) is 20.7. The molecule has 2 N–H and O–H groups in total. The largest absolute Gasteiger partial charge is 0.309 e. The van der Waals surface area contributed by atoms with Gasteiger partial charge in [-0.15, -0.1) is 10.2 Å². The predicted molar refractivity (Wildman–Crippen MR) is 481 cm³/mol. The summed E-state index contributed by atoms with van der Waals surface area (Å²) in [6.07, 6.45) is 0. The molecule has 3 aromatic heterocycles. The quantitative estimate of drug-likeness (QED) is 0.143. The lowest BCUT2D eigenvalue weighted by Crippen LogP contribution is -2.40. The molecule has 0 saturated heterocycles. The van der Waals surface area contributed by atoms with Gasteiger partial charge in [-0.05, 0) is 154 Å². The summed E-state index contributed by atoms with van der Waals surface area (Å²) >= 11 is 0. The van der Waals surface area contributed by atoms with Crippen molar-refractivity contribution in [3.8, 4) is 112 Å². The summed E-state index contributed by atoms with van der Waals surface area (Å²) in [7, 11) is 0. The summed E-state index contributed by atoms with van der Waals surface area (Å²) in [6.45, 7) is 0. The van der Waals surface area contributed by atoms with Gasteiger partial charge in [0.2, 0.25) is 0 Å². The van der Waals surface area contributed by atoms with E-state index in [0.717, 1.165) is 101 Å². The summed E-state index contributed by atoms with van der Waals surface area (Å²) in [4.78, 5) is 10.6. The van der Waals surface area contributed by atoms with Crippen LogP contribution in [0.15, 0.2) is 405 Å². The summed E-state index contributed by atoms with van der Waals surface area (Å²) in [5.74, 6) is 1.33. The highest BCUT2D eigenvalue weighted by molar-refractivity contribution is 6.16. The Labute approximate surface area is 681 Å². The zero-order chi connectivity index (χ0) is 77.3. The first-order valence-corrected chi connectivity index (χ1v) is 40.5. The van der Waals surface area contributed by atoms with Crippen molar-refractivity contribution in [2.75, 3.05) is 0 Å². The molecule has 0 amide bonds. The first-order chi connectivity index (χ1) is 58.5. The van der Waals surface area contributed by atoms with Gasteiger partial charge in [0.25, 0.3) is 0 Å². The van der Waals surface area contributed by atoms with Crippen LogP contribution in [0, 0.1) is 0 Å². The van der Waals surface area contributed by atoms with Gasteiger partial charge < -0.3 is 9.13 Å². The van der Waals surface area contributed by atoms with E-state index in [1.165, 1.54) is 127 Å². The van der Waals surface area contributed by atoms with Crippen LogP contribution in [0.3, 0.4) is 0 Å². The highest BCUT2D eigenvalue weighted by Gasteiger charge is 2.53. The van der Waals surface area contributed by atoms with Crippen molar-refractivity contribution < 1.29 is 0 Å². The molecule has 25 rings (SSSR count). The topological polar surface area (TPSA) is 85.0 Å². The predicted octanol–water partition coefficient (Wildman–Crippen LogP) is 25.5. The molecule has 8 heteroatoms. The van der Waals surface area contributed by atoms with E-state index in [1.807, 2.05) is 30.3 Å². The maximum atomic E-state index is 5.40. The SMILES string of the molecule is c1ccc(C2=NC(c3ccccc3)=C(c3ccc(-c4ccc5c(c4)-c4ccccc4C54c5ccccc5-n5c6ccc(-c7ccc(-c8nnc(-c9ccc(-c%10ccccc%10-c%10ccc%11c(c%10)C%10(c%12ccccc%12-%11)c%11ccccc%11-n%11c%12ccccc%12c%12cccc%10c%12%11)cc9)nc8-c8ccccc8)cc7)cc6c6cccc4c65)cc3)NN2)cc1. The Morgan fingerprint density at radius 2 is 0.669 bits per heavy atom. The van der Waals surface area contributed by atoms with Crippen molar-refractivity contribution in [1.82, 2.24) is 35.2 Å². The average Bonchev–Trinajstić information content (AvgIpc) is 1.51. The second-order valence-corrected chi connectivity index (χ2v) is 31.6. The third-order valence-corrected chi connectivity index (χ3v) is 25.8. The summed E-state index contributed by atoms with van der Waals surface area (Å²) in [6, 6.07) is 147. The fourth-order valence-corrected chi connectivity index (χ4v) is 20.7. The van der Waals surface area contributed by atoms with Gasteiger partial charge in [-0.25, -0.2) is 9.98 Å². The third kappa shape index (κ3) is 9.36. The van der Waals surface area contributed by atoms with E-state index in [0.29, 0.717) is 5.82 Å². The molecule has 3 aliphatic heterocycles. The standard InChI is InChI=1S/C110H68N8/c1-4-24-70(25-5-1)101-103(113-115-107(111-101)74-28-8-3-9-29-74)72-52-46-67(47-53-72)76-59-62-91-87(64-76)82-33-13-16-38-90(82)109(91)92-39-17-20-44-99(92)118-98-63-60-77(65-88(98)86-36-23-41-94(109)106(86)118)68-48-54-73(55-49-68)104-102(71-26-6-2-7-27-71)112-108(116-114-104)75-56-50-69(51-57-75)79-30-10-11-31-80(79)78-58-61-83-81-32-12-15-37-89(81)110(96(83)66-78)93-40-18-21-45-100(93)117-97-43-19-14-34-84(97)85-35-22-42-95(110)105(85)117/h1-66,113H,(H,111,115). The number of amidine groups is 1. The van der Waals surface area contributed by atoms with Gasteiger partial charge in [0.05, 0.1) is 55.7 Å². The number of hydrogen-bond acceptors (Lipinski definition) is 6. The van der Waals surface area contributed by atoms with Gasteiger partial charge in [-0.2, -0.15) is 0 Å². The maximum absolute atomic E-state index is 5.40. The zero-order valence-corrected chi connectivity index (χ0v) is 63.8. The van der Waals surface area contributed by atoms with Crippen molar-refractivity contribution >= 4 is 60.8 Å². The molecule has 0 fully saturated rings. The zero-order valence-electron chi connectivity index (χ0n) is 63.8. The summed E-state index contributed by atoms with van der Waals surface area (Å²) in [5.41, 5.74) is 46.7. The van der Waals surface area contributed by atoms with Crippen LogP contribution < -0.4 is 10.9 Å². The summed E-state index contributed by atoms with van der Waals surface area (Å²) in [5, 5.41) is 15.0. The van der Waals surface area contributed by atoms with Gasteiger partial charge >= 0.3 is 0 Å². The lowest BCUT2D eigenvalue weighted by Gasteiger charge is -2.39. The molecule has 2 aliphatic carbocycles. The number of nitrogens with one attached hydrogen (secondary N) is 2. The molecule has 2 spiro atoms. The normalized spacial score (nSPS) is 15.5. The van der Waals surface area contributed by atoms with Crippen molar-refractivity contribution in [2.24, 2.45) is 4.99 Å². The van der Waals surface area contributed by atoms with Gasteiger partial charge in [-0.3, -0.25) is 10.9 Å². The van der Waals surface area contributed by atoms with Crippen LogP contribution in [0.5, 0.6) is 0 Å². The third-order valence-electron chi connectivity index (χ3n) is 25.8. The minimum atomic E-state index is -0.587. The first-order valence-electron chi connectivity index (χ1n) is 40.5. The monoisotopic (exact) mass is 1500 g/mol. The Hall–Kier alpha value is -15.6. The van der Waals surface area contributed by atoms with Gasteiger partial charge in [0.1, 0.15) is 11.4 Å². The molecule has 5 aliphatic rings. The number of benzene rings is 17. The molecule has 548 valence electrons. The molecule has 2 unspecified atom stereocenters. The Bertz CT molecular complexity index is 7710. The van der Waals surface area contributed by atoms with Crippen molar-refractivity contribution in [1.29, 1.82) is 0 Å². The molecule has 0 saturated carbocycles. The van der Waals surface area contributed by atoms with Crippen LogP contribution >= 0.6 is 0 Å².